The quantitative estimate of drug-likeness (QED) is 0.764. The van der Waals surface area contributed by atoms with Gasteiger partial charge in [-0.3, -0.25) is 4.79 Å². The Kier molecular flexibility index (Phi) is 7.40. The molecule has 0 spiro atoms. The van der Waals surface area contributed by atoms with E-state index in [-0.39, 0.29) is 17.5 Å². The van der Waals surface area contributed by atoms with Gasteiger partial charge in [-0.25, -0.2) is 4.39 Å². The summed E-state index contributed by atoms with van der Waals surface area (Å²) in [6.07, 6.45) is 0.750. The molecule has 24 heavy (non-hydrogen) atoms. The molecule has 6 heteroatoms. The molecule has 1 amide bonds. The minimum Gasteiger partial charge on any atom is -0.497 e. The standard InChI is InChI=1S/C18H19ClFNO2S/c1-23-14-7-5-13(6-8-14)9-10-21-18(22)12-24-11-15-16(19)3-2-4-17(15)20/h2-8H,9-12H2,1H3,(H,21,22). The summed E-state index contributed by atoms with van der Waals surface area (Å²) < 4.78 is 18.7. The van der Waals surface area contributed by atoms with Crippen LogP contribution in [0.4, 0.5) is 4.39 Å². The first-order valence-electron chi connectivity index (χ1n) is 7.50. The van der Waals surface area contributed by atoms with E-state index >= 15 is 0 Å². The molecule has 0 aliphatic heterocycles. The van der Waals surface area contributed by atoms with Gasteiger partial charge in [-0.2, -0.15) is 0 Å². The first kappa shape index (κ1) is 18.6. The minimum absolute atomic E-state index is 0.0685. The highest BCUT2D eigenvalue weighted by molar-refractivity contribution is 7.99. The zero-order valence-electron chi connectivity index (χ0n) is 13.4. The molecule has 0 aromatic heterocycles. The van der Waals surface area contributed by atoms with Crippen LogP contribution in [0.1, 0.15) is 11.1 Å². The van der Waals surface area contributed by atoms with Crippen LogP contribution in [-0.2, 0) is 17.0 Å². The number of hydrogen-bond acceptors (Lipinski definition) is 3. The van der Waals surface area contributed by atoms with Crippen LogP contribution in [0.5, 0.6) is 5.75 Å². The van der Waals surface area contributed by atoms with Crippen molar-refractivity contribution in [1.29, 1.82) is 0 Å². The molecule has 0 saturated heterocycles. The van der Waals surface area contributed by atoms with Crippen molar-refractivity contribution in [2.45, 2.75) is 12.2 Å². The summed E-state index contributed by atoms with van der Waals surface area (Å²) in [5.41, 5.74) is 1.57. The largest absolute Gasteiger partial charge is 0.497 e. The van der Waals surface area contributed by atoms with Crippen molar-refractivity contribution >= 4 is 29.3 Å². The highest BCUT2D eigenvalue weighted by Crippen LogP contribution is 2.23. The molecule has 3 nitrogen and oxygen atoms in total. The van der Waals surface area contributed by atoms with Crippen molar-refractivity contribution in [3.8, 4) is 5.75 Å². The van der Waals surface area contributed by atoms with Crippen molar-refractivity contribution in [1.82, 2.24) is 5.32 Å². The lowest BCUT2D eigenvalue weighted by molar-refractivity contribution is -0.118. The first-order chi connectivity index (χ1) is 11.6. The Labute approximate surface area is 150 Å². The SMILES string of the molecule is COc1ccc(CCNC(=O)CSCc2c(F)cccc2Cl)cc1. The molecule has 128 valence electrons. The number of benzene rings is 2. The first-order valence-corrected chi connectivity index (χ1v) is 9.03. The Balaban J connectivity index is 1.68. The third kappa shape index (κ3) is 5.73. The summed E-state index contributed by atoms with van der Waals surface area (Å²) in [6, 6.07) is 12.3. The number of amides is 1. The number of thioether (sulfide) groups is 1. The van der Waals surface area contributed by atoms with Gasteiger partial charge in [0.2, 0.25) is 5.91 Å². The van der Waals surface area contributed by atoms with E-state index in [1.54, 1.807) is 19.2 Å². The normalized spacial score (nSPS) is 10.5. The predicted octanol–water partition coefficient (Wildman–Crippen LogP) is 4.08. The fourth-order valence-electron chi connectivity index (χ4n) is 2.11. The van der Waals surface area contributed by atoms with Gasteiger partial charge in [0.25, 0.3) is 0 Å². The number of nitrogens with one attached hydrogen (secondary N) is 1. The van der Waals surface area contributed by atoms with E-state index in [0.717, 1.165) is 17.7 Å². The molecule has 0 radical (unpaired) electrons. The number of ether oxygens (including phenoxy) is 1. The third-order valence-corrected chi connectivity index (χ3v) is 4.75. The second kappa shape index (κ2) is 9.55. The van der Waals surface area contributed by atoms with Gasteiger partial charge >= 0.3 is 0 Å². The Hall–Kier alpha value is -1.72. The second-order valence-corrected chi connectivity index (χ2v) is 6.53. The lowest BCUT2D eigenvalue weighted by Gasteiger charge is -2.07. The number of halogens is 2. The zero-order chi connectivity index (χ0) is 17.4. The maximum atomic E-state index is 13.6. The van der Waals surface area contributed by atoms with Gasteiger partial charge in [0.05, 0.1) is 12.9 Å². The zero-order valence-corrected chi connectivity index (χ0v) is 14.9. The van der Waals surface area contributed by atoms with Gasteiger partial charge in [-0.1, -0.05) is 29.8 Å². The lowest BCUT2D eigenvalue weighted by Crippen LogP contribution is -2.27. The maximum Gasteiger partial charge on any atom is 0.230 e. The average Bonchev–Trinajstić information content (AvgIpc) is 2.58. The van der Waals surface area contributed by atoms with Gasteiger partial charge in [0.1, 0.15) is 11.6 Å². The van der Waals surface area contributed by atoms with Crippen LogP contribution in [0.15, 0.2) is 42.5 Å². The molecule has 0 unspecified atom stereocenters. The van der Waals surface area contributed by atoms with Crippen LogP contribution in [-0.4, -0.2) is 25.3 Å². The molecule has 1 N–H and O–H groups in total. The monoisotopic (exact) mass is 367 g/mol. The molecule has 0 fully saturated rings. The number of methoxy groups -OCH3 is 1. The van der Waals surface area contributed by atoms with Crippen molar-refractivity contribution in [2.75, 3.05) is 19.4 Å². The van der Waals surface area contributed by atoms with E-state index in [2.05, 4.69) is 5.32 Å². The van der Waals surface area contributed by atoms with Crippen LogP contribution >= 0.6 is 23.4 Å². The summed E-state index contributed by atoms with van der Waals surface area (Å²) in [5.74, 6) is 1.05. The Bertz CT molecular complexity index is 659. The molecule has 2 aromatic rings. The van der Waals surface area contributed by atoms with Crippen molar-refractivity contribution < 1.29 is 13.9 Å². The summed E-state index contributed by atoms with van der Waals surface area (Å²) in [7, 11) is 1.63. The molecular weight excluding hydrogens is 349 g/mol. The molecule has 0 atom stereocenters. The van der Waals surface area contributed by atoms with E-state index < -0.39 is 0 Å². The van der Waals surface area contributed by atoms with Gasteiger partial charge in [0.15, 0.2) is 0 Å². The van der Waals surface area contributed by atoms with E-state index in [4.69, 9.17) is 16.3 Å². The molecular formula is C18H19ClFNO2S. The smallest absolute Gasteiger partial charge is 0.230 e. The van der Waals surface area contributed by atoms with E-state index in [0.29, 0.717) is 22.9 Å². The second-order valence-electron chi connectivity index (χ2n) is 5.14. The van der Waals surface area contributed by atoms with E-state index in [1.165, 1.54) is 17.8 Å². The molecule has 0 aliphatic carbocycles. The molecule has 2 rings (SSSR count). The highest BCUT2D eigenvalue weighted by Gasteiger charge is 2.08. The van der Waals surface area contributed by atoms with Gasteiger partial charge < -0.3 is 10.1 Å². The van der Waals surface area contributed by atoms with E-state index in [9.17, 15) is 9.18 Å². The van der Waals surface area contributed by atoms with Crippen molar-refractivity contribution in [2.24, 2.45) is 0 Å². The number of hydrogen-bond donors (Lipinski definition) is 1. The Morgan fingerprint density at radius 1 is 1.25 bits per heavy atom. The fraction of sp³-hybridized carbons (Fsp3) is 0.278. The topological polar surface area (TPSA) is 38.3 Å². The predicted molar refractivity (Wildman–Crippen MR) is 97.3 cm³/mol. The number of carbonyl (C=O) groups is 1. The fourth-order valence-corrected chi connectivity index (χ4v) is 3.30. The number of rotatable bonds is 8. The Morgan fingerprint density at radius 2 is 2.00 bits per heavy atom. The van der Waals surface area contributed by atoms with E-state index in [1.807, 2.05) is 24.3 Å². The molecule has 0 saturated carbocycles. The number of carbonyl (C=O) groups excluding carboxylic acids is 1. The average molecular weight is 368 g/mol. The summed E-state index contributed by atoms with van der Waals surface area (Å²) in [4.78, 5) is 11.8. The summed E-state index contributed by atoms with van der Waals surface area (Å²) in [5, 5.41) is 3.25. The Morgan fingerprint density at radius 3 is 2.67 bits per heavy atom. The summed E-state index contributed by atoms with van der Waals surface area (Å²) >= 11 is 7.30. The molecule has 0 aliphatic rings. The maximum absolute atomic E-state index is 13.6. The van der Waals surface area contributed by atoms with Crippen molar-refractivity contribution in [3.05, 3.63) is 64.4 Å². The van der Waals surface area contributed by atoms with Gasteiger partial charge in [-0.15, -0.1) is 11.8 Å². The molecule has 2 aromatic carbocycles. The van der Waals surface area contributed by atoms with Crippen LogP contribution in [0.3, 0.4) is 0 Å². The minimum atomic E-state index is -0.338. The summed E-state index contributed by atoms with van der Waals surface area (Å²) in [6.45, 7) is 0.562. The molecule has 0 heterocycles. The van der Waals surface area contributed by atoms with Gasteiger partial charge in [0, 0.05) is 22.9 Å². The molecule has 0 bridgehead atoms. The highest BCUT2D eigenvalue weighted by atomic mass is 35.5. The van der Waals surface area contributed by atoms with Crippen LogP contribution in [0, 0.1) is 5.82 Å². The third-order valence-electron chi connectivity index (χ3n) is 3.44. The van der Waals surface area contributed by atoms with Crippen LogP contribution in [0.25, 0.3) is 0 Å². The lowest BCUT2D eigenvalue weighted by atomic mass is 10.1. The van der Waals surface area contributed by atoms with Crippen LogP contribution < -0.4 is 10.1 Å². The van der Waals surface area contributed by atoms with Gasteiger partial charge in [-0.05, 0) is 36.2 Å². The van der Waals surface area contributed by atoms with Crippen LogP contribution in [0.2, 0.25) is 5.02 Å². The van der Waals surface area contributed by atoms with Crippen molar-refractivity contribution in [3.63, 3.8) is 0 Å².